The molecule has 0 aliphatic carbocycles. The second-order valence-corrected chi connectivity index (χ2v) is 3.51. The van der Waals surface area contributed by atoms with Crippen molar-refractivity contribution in [3.05, 3.63) is 24.3 Å². The van der Waals surface area contributed by atoms with Gasteiger partial charge < -0.3 is 15.4 Å². The topological polar surface area (TPSA) is 50.4 Å². The summed E-state index contributed by atoms with van der Waals surface area (Å²) in [6.45, 7) is 0.931. The zero-order valence-electron chi connectivity index (χ0n) is 9.03. The molecule has 0 spiro atoms. The Morgan fingerprint density at radius 3 is 2.50 bits per heavy atom. The van der Waals surface area contributed by atoms with Gasteiger partial charge >= 0.3 is 0 Å². The fourth-order valence-electron chi connectivity index (χ4n) is 1.42. The van der Waals surface area contributed by atoms with Gasteiger partial charge in [-0.05, 0) is 37.2 Å². The monoisotopic (exact) mass is 242 g/mol. The third kappa shape index (κ3) is 2.87. The number of ether oxygens (including phenoxy) is 1. The minimum Gasteiger partial charge on any atom is -0.497 e. The highest BCUT2D eigenvalue weighted by molar-refractivity contribution is 5.95. The van der Waals surface area contributed by atoms with E-state index in [1.165, 1.54) is 0 Å². The lowest BCUT2D eigenvalue weighted by atomic mass is 10.1. The lowest BCUT2D eigenvalue weighted by Gasteiger charge is -2.26. The van der Waals surface area contributed by atoms with Gasteiger partial charge in [0.25, 0.3) is 0 Å². The number of halogens is 1. The normalized spacial score (nSPS) is 17.9. The zero-order chi connectivity index (χ0) is 10.7. The van der Waals surface area contributed by atoms with Crippen molar-refractivity contribution >= 4 is 24.0 Å². The van der Waals surface area contributed by atoms with E-state index in [-0.39, 0.29) is 24.4 Å². The minimum atomic E-state index is -0.0212. The second kappa shape index (κ2) is 5.72. The highest BCUT2D eigenvalue weighted by Crippen LogP contribution is 2.15. The summed E-state index contributed by atoms with van der Waals surface area (Å²) >= 11 is 0. The number of hydrogen-bond donors (Lipinski definition) is 2. The van der Waals surface area contributed by atoms with Crippen molar-refractivity contribution < 1.29 is 9.53 Å². The van der Waals surface area contributed by atoms with Crippen LogP contribution in [0.25, 0.3) is 0 Å². The fourth-order valence-corrected chi connectivity index (χ4v) is 1.42. The number of hydrogen-bond acceptors (Lipinski definition) is 3. The predicted octanol–water partition coefficient (Wildman–Crippen LogP) is 1.42. The Morgan fingerprint density at radius 2 is 2.06 bits per heavy atom. The van der Waals surface area contributed by atoms with Crippen molar-refractivity contribution in [2.75, 3.05) is 19.0 Å². The number of carbonyl (C=O) groups excluding carboxylic acids is 1. The lowest BCUT2D eigenvalue weighted by Crippen LogP contribution is -2.50. The molecule has 16 heavy (non-hydrogen) atoms. The molecule has 1 heterocycles. The van der Waals surface area contributed by atoms with Crippen LogP contribution in [0, 0.1) is 0 Å². The van der Waals surface area contributed by atoms with Crippen LogP contribution >= 0.6 is 12.4 Å². The molecular weight excluding hydrogens is 228 g/mol. The van der Waals surface area contributed by atoms with Gasteiger partial charge in [0.2, 0.25) is 5.91 Å². The quantitative estimate of drug-likeness (QED) is 0.843. The van der Waals surface area contributed by atoms with E-state index in [1.54, 1.807) is 7.11 Å². The van der Waals surface area contributed by atoms with Crippen LogP contribution in [-0.2, 0) is 4.79 Å². The van der Waals surface area contributed by atoms with Gasteiger partial charge in [-0.25, -0.2) is 0 Å². The maximum Gasteiger partial charge on any atom is 0.241 e. The first-order chi connectivity index (χ1) is 7.29. The SMILES string of the molecule is COc1ccc(NC(=O)[C@H]2CCN2)cc1.Cl. The number of nitrogens with one attached hydrogen (secondary N) is 2. The molecule has 4 nitrogen and oxygen atoms in total. The van der Waals surface area contributed by atoms with Gasteiger partial charge in [0.15, 0.2) is 0 Å². The van der Waals surface area contributed by atoms with Gasteiger partial charge in [0.1, 0.15) is 5.75 Å². The number of benzene rings is 1. The predicted molar refractivity (Wildman–Crippen MR) is 65.3 cm³/mol. The van der Waals surface area contributed by atoms with Crippen LogP contribution in [0.3, 0.4) is 0 Å². The number of amides is 1. The molecule has 1 aliphatic rings. The Hall–Kier alpha value is -1.26. The van der Waals surface area contributed by atoms with Gasteiger partial charge in [0, 0.05) is 5.69 Å². The van der Waals surface area contributed by atoms with Crippen molar-refractivity contribution in [3.63, 3.8) is 0 Å². The standard InChI is InChI=1S/C11H14N2O2.ClH/c1-15-9-4-2-8(3-5-9)13-11(14)10-6-7-12-10;/h2-5,10,12H,6-7H2,1H3,(H,13,14);1H/t10-;/m1./s1. The van der Waals surface area contributed by atoms with E-state index in [0.717, 1.165) is 24.4 Å². The van der Waals surface area contributed by atoms with Crippen LogP contribution in [0.1, 0.15) is 6.42 Å². The van der Waals surface area contributed by atoms with Crippen LogP contribution < -0.4 is 15.4 Å². The summed E-state index contributed by atoms with van der Waals surface area (Å²) in [5, 5.41) is 5.89. The Morgan fingerprint density at radius 1 is 1.44 bits per heavy atom. The first-order valence-electron chi connectivity index (χ1n) is 4.98. The molecule has 1 aromatic carbocycles. The molecule has 5 heteroatoms. The largest absolute Gasteiger partial charge is 0.497 e. The molecule has 0 aromatic heterocycles. The van der Waals surface area contributed by atoms with E-state index in [9.17, 15) is 4.79 Å². The van der Waals surface area contributed by atoms with Crippen molar-refractivity contribution in [2.45, 2.75) is 12.5 Å². The summed E-state index contributed by atoms with van der Waals surface area (Å²) in [7, 11) is 1.62. The molecule has 0 bridgehead atoms. The molecule has 2 rings (SSSR count). The van der Waals surface area contributed by atoms with Crippen LogP contribution in [0.5, 0.6) is 5.75 Å². The highest BCUT2D eigenvalue weighted by Gasteiger charge is 2.24. The Bertz CT molecular complexity index is 350. The van der Waals surface area contributed by atoms with Gasteiger partial charge in [0.05, 0.1) is 13.2 Å². The van der Waals surface area contributed by atoms with Gasteiger partial charge in [-0.2, -0.15) is 0 Å². The van der Waals surface area contributed by atoms with Crippen LogP contribution in [0.15, 0.2) is 24.3 Å². The molecule has 1 saturated heterocycles. The van der Waals surface area contributed by atoms with Crippen LogP contribution in [0.4, 0.5) is 5.69 Å². The second-order valence-electron chi connectivity index (χ2n) is 3.51. The van der Waals surface area contributed by atoms with E-state index in [4.69, 9.17) is 4.74 Å². The smallest absolute Gasteiger partial charge is 0.241 e. The molecule has 1 aromatic rings. The first kappa shape index (κ1) is 12.8. The molecule has 1 fully saturated rings. The molecule has 0 unspecified atom stereocenters. The van der Waals surface area contributed by atoms with Crippen LogP contribution in [0.2, 0.25) is 0 Å². The average molecular weight is 243 g/mol. The maximum absolute atomic E-state index is 11.5. The van der Waals surface area contributed by atoms with Gasteiger partial charge in [-0.15, -0.1) is 12.4 Å². The number of methoxy groups -OCH3 is 1. The van der Waals surface area contributed by atoms with E-state index in [1.807, 2.05) is 24.3 Å². The highest BCUT2D eigenvalue weighted by atomic mass is 35.5. The Labute approximate surface area is 101 Å². The van der Waals surface area contributed by atoms with E-state index in [0.29, 0.717) is 0 Å². The van der Waals surface area contributed by atoms with Crippen molar-refractivity contribution in [1.82, 2.24) is 5.32 Å². The molecule has 1 atom stereocenters. The fraction of sp³-hybridized carbons (Fsp3) is 0.364. The minimum absolute atomic E-state index is 0. The molecular formula is C11H15ClN2O2. The summed E-state index contributed by atoms with van der Waals surface area (Å²) in [5.41, 5.74) is 0.800. The lowest BCUT2D eigenvalue weighted by molar-refractivity contribution is -0.119. The summed E-state index contributed by atoms with van der Waals surface area (Å²) < 4.78 is 5.03. The van der Waals surface area contributed by atoms with Gasteiger partial charge in [-0.3, -0.25) is 4.79 Å². The average Bonchev–Trinajstić information content (AvgIpc) is 2.16. The summed E-state index contributed by atoms with van der Waals surface area (Å²) in [5.74, 6) is 0.821. The molecule has 88 valence electrons. The molecule has 0 radical (unpaired) electrons. The van der Waals surface area contributed by atoms with Crippen molar-refractivity contribution in [3.8, 4) is 5.75 Å². The van der Waals surface area contributed by atoms with E-state index in [2.05, 4.69) is 10.6 Å². The Kier molecular flexibility index (Phi) is 4.58. The summed E-state index contributed by atoms with van der Waals surface area (Å²) in [4.78, 5) is 11.5. The molecule has 1 aliphatic heterocycles. The van der Waals surface area contributed by atoms with Crippen LogP contribution in [-0.4, -0.2) is 25.6 Å². The molecule has 0 saturated carbocycles. The molecule has 1 amide bonds. The third-order valence-corrected chi connectivity index (χ3v) is 2.50. The number of carbonyl (C=O) groups is 1. The zero-order valence-corrected chi connectivity index (χ0v) is 9.84. The summed E-state index contributed by atoms with van der Waals surface area (Å²) in [6, 6.07) is 7.28. The molecule has 2 N–H and O–H groups in total. The van der Waals surface area contributed by atoms with Gasteiger partial charge in [-0.1, -0.05) is 0 Å². The number of rotatable bonds is 3. The number of anilines is 1. The Balaban J connectivity index is 0.00000128. The third-order valence-electron chi connectivity index (χ3n) is 2.50. The first-order valence-corrected chi connectivity index (χ1v) is 4.98. The van der Waals surface area contributed by atoms with E-state index < -0.39 is 0 Å². The maximum atomic E-state index is 11.5. The van der Waals surface area contributed by atoms with Crippen molar-refractivity contribution in [1.29, 1.82) is 0 Å². The summed E-state index contributed by atoms with van der Waals surface area (Å²) in [6.07, 6.45) is 0.919. The van der Waals surface area contributed by atoms with Crippen molar-refractivity contribution in [2.24, 2.45) is 0 Å². The van der Waals surface area contributed by atoms with E-state index >= 15 is 0 Å².